The van der Waals surface area contributed by atoms with Crippen molar-refractivity contribution in [2.24, 2.45) is 4.99 Å². The Kier molecular flexibility index (Phi) is 5.36. The number of aromatic hydroxyl groups is 1. The summed E-state index contributed by atoms with van der Waals surface area (Å²) < 4.78 is 1.26. The van der Waals surface area contributed by atoms with Gasteiger partial charge in [-0.3, -0.25) is 0 Å². The number of aliphatic imine (C=N–C) groups is 1. The molecule has 7 heteroatoms. The van der Waals surface area contributed by atoms with Crippen LogP contribution in [-0.2, 0) is 11.4 Å². The van der Waals surface area contributed by atoms with E-state index in [9.17, 15) is 10.2 Å². The zero-order valence-corrected chi connectivity index (χ0v) is 16.0. The number of aliphatic hydroxyl groups is 1. The van der Waals surface area contributed by atoms with Gasteiger partial charge in [-0.1, -0.05) is 30.3 Å². The van der Waals surface area contributed by atoms with Gasteiger partial charge in [-0.15, -0.1) is 4.65 Å². The maximum atomic E-state index is 9.93. The molecular weight excluding hydrogens is 440 g/mol. The normalized spacial score (nSPS) is 20.2. The number of aliphatic hydroxyl groups excluding tert-OH is 1. The molecular formula is C17H17Br2N2O3+. The summed E-state index contributed by atoms with van der Waals surface area (Å²) in [6, 6.07) is 13.6. The van der Waals surface area contributed by atoms with E-state index in [2.05, 4.69) is 36.9 Å². The van der Waals surface area contributed by atoms with Crippen molar-refractivity contribution < 1.29 is 19.7 Å². The van der Waals surface area contributed by atoms with Gasteiger partial charge < -0.3 is 10.2 Å². The minimum atomic E-state index is -0.0216. The average molecular weight is 457 g/mol. The number of rotatable bonds is 5. The molecule has 0 radical (unpaired) electrons. The Hall–Kier alpha value is -1.25. The topological polar surface area (TPSA) is 62.0 Å². The smallest absolute Gasteiger partial charge is 0.266 e. The number of amidine groups is 1. The predicted octanol–water partition coefficient (Wildman–Crippen LogP) is 3.58. The lowest BCUT2D eigenvalue weighted by Gasteiger charge is -2.30. The van der Waals surface area contributed by atoms with E-state index in [0.717, 1.165) is 17.0 Å². The Balaban J connectivity index is 2.02. The molecule has 2 aromatic carbocycles. The monoisotopic (exact) mass is 455 g/mol. The van der Waals surface area contributed by atoms with Crippen molar-refractivity contribution in [2.75, 3.05) is 19.9 Å². The number of quaternary nitrogens is 1. The molecule has 1 unspecified atom stereocenters. The van der Waals surface area contributed by atoms with E-state index in [-0.39, 0.29) is 23.7 Å². The fraction of sp³-hybridized carbons (Fsp3) is 0.235. The van der Waals surface area contributed by atoms with Crippen molar-refractivity contribution in [3.63, 3.8) is 0 Å². The SMILES string of the molecule is OCC[N+]1(Cc2ccccc2)OCN=C1c1cc(Br)c(O)c(Br)c1. The number of phenols is 1. The summed E-state index contributed by atoms with van der Waals surface area (Å²) in [4.78, 5) is 10.5. The van der Waals surface area contributed by atoms with Gasteiger partial charge in [0.2, 0.25) is 6.73 Å². The molecule has 0 fully saturated rings. The third-order valence-corrected chi connectivity index (χ3v) is 5.13. The van der Waals surface area contributed by atoms with Crippen LogP contribution in [0.4, 0.5) is 0 Å². The maximum Gasteiger partial charge on any atom is 0.266 e. The molecule has 0 saturated carbocycles. The van der Waals surface area contributed by atoms with Gasteiger partial charge in [0.1, 0.15) is 18.8 Å². The van der Waals surface area contributed by atoms with Crippen molar-refractivity contribution >= 4 is 37.7 Å². The van der Waals surface area contributed by atoms with Crippen LogP contribution in [0, 0.1) is 0 Å². The first-order chi connectivity index (χ1) is 11.6. The van der Waals surface area contributed by atoms with Crippen LogP contribution >= 0.6 is 31.9 Å². The van der Waals surface area contributed by atoms with Gasteiger partial charge in [-0.05, 0) is 44.0 Å². The largest absolute Gasteiger partial charge is 0.506 e. The van der Waals surface area contributed by atoms with Crippen LogP contribution in [-0.4, -0.2) is 40.6 Å². The van der Waals surface area contributed by atoms with Crippen molar-refractivity contribution in [3.8, 4) is 5.75 Å². The van der Waals surface area contributed by atoms with Gasteiger partial charge in [0.15, 0.2) is 0 Å². The van der Waals surface area contributed by atoms with E-state index in [1.165, 1.54) is 0 Å². The van der Waals surface area contributed by atoms with E-state index in [1.807, 2.05) is 42.5 Å². The molecule has 0 aliphatic carbocycles. The summed E-state index contributed by atoms with van der Waals surface area (Å²) in [6.07, 6.45) is 0. The van der Waals surface area contributed by atoms with E-state index in [1.54, 1.807) is 0 Å². The maximum absolute atomic E-state index is 9.93. The third kappa shape index (κ3) is 3.41. The Morgan fingerprint density at radius 1 is 1.12 bits per heavy atom. The Labute approximate surface area is 157 Å². The van der Waals surface area contributed by atoms with Crippen molar-refractivity contribution in [3.05, 3.63) is 62.5 Å². The summed E-state index contributed by atoms with van der Waals surface area (Å²) in [5.74, 6) is 0.871. The summed E-state index contributed by atoms with van der Waals surface area (Å²) in [6.45, 7) is 1.17. The number of halogens is 2. The first kappa shape index (κ1) is 17.6. The van der Waals surface area contributed by atoms with Gasteiger partial charge in [0, 0.05) is 5.56 Å². The number of nitrogens with zero attached hydrogens (tertiary/aromatic N) is 2. The van der Waals surface area contributed by atoms with Crippen LogP contribution in [0.25, 0.3) is 0 Å². The lowest BCUT2D eigenvalue weighted by molar-refractivity contribution is -1.04. The van der Waals surface area contributed by atoms with Crippen molar-refractivity contribution in [1.29, 1.82) is 0 Å². The van der Waals surface area contributed by atoms with Gasteiger partial charge in [0.25, 0.3) is 5.84 Å². The molecule has 0 spiro atoms. The average Bonchev–Trinajstić information content (AvgIpc) is 2.96. The van der Waals surface area contributed by atoms with E-state index in [4.69, 9.17) is 4.84 Å². The van der Waals surface area contributed by atoms with E-state index >= 15 is 0 Å². The van der Waals surface area contributed by atoms with E-state index in [0.29, 0.717) is 22.0 Å². The fourth-order valence-corrected chi connectivity index (χ4v) is 4.01. The Morgan fingerprint density at radius 3 is 2.42 bits per heavy atom. The summed E-state index contributed by atoms with van der Waals surface area (Å²) in [5, 5.41) is 19.5. The van der Waals surface area contributed by atoms with Crippen LogP contribution < -0.4 is 0 Å². The number of hydrogen-bond donors (Lipinski definition) is 2. The quantitative estimate of drug-likeness (QED) is 0.676. The number of hydroxylamine groups is 3. The first-order valence-corrected chi connectivity index (χ1v) is 9.04. The minimum absolute atomic E-state index is 0.0216. The molecule has 0 bridgehead atoms. The second-order valence-corrected chi connectivity index (χ2v) is 7.22. The lowest BCUT2D eigenvalue weighted by Crippen LogP contribution is -2.50. The molecule has 1 atom stereocenters. The molecule has 1 aliphatic rings. The number of phenolic OH excluding ortho intramolecular Hbond substituents is 1. The summed E-state index contributed by atoms with van der Waals surface area (Å²) in [7, 11) is 0. The lowest BCUT2D eigenvalue weighted by atomic mass is 10.1. The molecule has 0 aromatic heterocycles. The van der Waals surface area contributed by atoms with Crippen LogP contribution in [0.2, 0.25) is 0 Å². The molecule has 126 valence electrons. The molecule has 24 heavy (non-hydrogen) atoms. The summed E-state index contributed by atoms with van der Waals surface area (Å²) >= 11 is 6.71. The third-order valence-electron chi connectivity index (χ3n) is 3.92. The Morgan fingerprint density at radius 2 is 1.79 bits per heavy atom. The molecule has 0 saturated heterocycles. The zero-order chi connectivity index (χ0) is 17.2. The molecule has 0 amide bonds. The molecule has 3 rings (SSSR count). The predicted molar refractivity (Wildman–Crippen MR) is 98.4 cm³/mol. The van der Waals surface area contributed by atoms with Crippen LogP contribution in [0.5, 0.6) is 5.75 Å². The van der Waals surface area contributed by atoms with Crippen LogP contribution in [0.3, 0.4) is 0 Å². The van der Waals surface area contributed by atoms with Crippen LogP contribution in [0.15, 0.2) is 56.4 Å². The van der Waals surface area contributed by atoms with Crippen molar-refractivity contribution in [2.45, 2.75) is 6.54 Å². The first-order valence-electron chi connectivity index (χ1n) is 7.45. The molecule has 1 aliphatic heterocycles. The molecule has 1 heterocycles. The Bertz CT molecular complexity index is 745. The zero-order valence-electron chi connectivity index (χ0n) is 12.8. The van der Waals surface area contributed by atoms with Crippen LogP contribution in [0.1, 0.15) is 11.1 Å². The number of benzene rings is 2. The summed E-state index contributed by atoms with van der Waals surface area (Å²) in [5.41, 5.74) is 1.92. The highest BCUT2D eigenvalue weighted by Crippen LogP contribution is 2.36. The highest BCUT2D eigenvalue weighted by atomic mass is 79.9. The molecule has 5 nitrogen and oxygen atoms in total. The fourth-order valence-electron chi connectivity index (χ4n) is 2.82. The second-order valence-electron chi connectivity index (χ2n) is 5.51. The molecule has 2 N–H and O–H groups in total. The van der Waals surface area contributed by atoms with E-state index < -0.39 is 0 Å². The van der Waals surface area contributed by atoms with Crippen molar-refractivity contribution in [1.82, 2.24) is 0 Å². The van der Waals surface area contributed by atoms with Gasteiger partial charge in [-0.2, -0.15) is 9.83 Å². The highest BCUT2D eigenvalue weighted by molar-refractivity contribution is 9.11. The van der Waals surface area contributed by atoms with Gasteiger partial charge >= 0.3 is 0 Å². The van der Waals surface area contributed by atoms with Gasteiger partial charge in [0.05, 0.1) is 21.1 Å². The van der Waals surface area contributed by atoms with Gasteiger partial charge in [-0.25, -0.2) is 0 Å². The second kappa shape index (κ2) is 7.33. The standard InChI is InChI=1S/C17H16Br2N2O3/c18-14-8-13(9-15(19)16(14)23)17-20-11-24-21(17,6-7-22)10-12-4-2-1-3-5-12/h1-5,8-9,22H,6-7,10-11H2/p+1. The number of hydrogen-bond acceptors (Lipinski definition) is 4. The highest BCUT2D eigenvalue weighted by Gasteiger charge is 2.42. The molecule has 2 aromatic rings. The minimum Gasteiger partial charge on any atom is -0.506 e.